The Morgan fingerprint density at radius 3 is 2.70 bits per heavy atom. The van der Waals surface area contributed by atoms with Crippen LogP contribution in [0.4, 0.5) is 0 Å². The Hall–Kier alpha value is -2.63. The lowest BCUT2D eigenvalue weighted by atomic mass is 9.91. The zero-order valence-corrected chi connectivity index (χ0v) is 18.1. The molecule has 1 aromatic heterocycles. The number of nitrogens with one attached hydrogen (secondary N) is 1. The summed E-state index contributed by atoms with van der Waals surface area (Å²) in [6, 6.07) is 16.9. The van der Waals surface area contributed by atoms with E-state index in [0.717, 1.165) is 60.7 Å². The van der Waals surface area contributed by atoms with Gasteiger partial charge in [-0.2, -0.15) is 0 Å². The summed E-state index contributed by atoms with van der Waals surface area (Å²) < 4.78 is 11.8. The number of rotatable bonds is 8. The van der Waals surface area contributed by atoms with Crippen molar-refractivity contribution in [2.45, 2.75) is 26.3 Å². The Labute approximate surface area is 179 Å². The van der Waals surface area contributed by atoms with E-state index in [0.29, 0.717) is 6.61 Å². The molecule has 1 atom stereocenters. The molecule has 0 fully saturated rings. The molecule has 2 heterocycles. The van der Waals surface area contributed by atoms with Gasteiger partial charge in [0.15, 0.2) is 11.5 Å². The van der Waals surface area contributed by atoms with E-state index >= 15 is 0 Å². The number of aromatic nitrogens is 1. The molecule has 0 amide bonds. The Kier molecular flexibility index (Phi) is 6.50. The Morgan fingerprint density at radius 2 is 1.90 bits per heavy atom. The summed E-state index contributed by atoms with van der Waals surface area (Å²) in [6.45, 7) is 8.87. The second kappa shape index (κ2) is 9.45. The minimum Gasteiger partial charge on any atom is -0.493 e. The standard InChI is InChI=1S/C25H31N3O2/c1-4-28(5-2)14-15-30-24-17-20-19(16-23(24)29-3)12-13-26-25(20)22-11-10-18-8-6-7-9-21(18)27-22/h6-11,16-17,25-26H,4-5,12-15H2,1-3H3. The molecule has 1 N–H and O–H groups in total. The largest absolute Gasteiger partial charge is 0.493 e. The number of likely N-dealkylation sites (N-methyl/N-ethyl adjacent to an activating group) is 1. The van der Waals surface area contributed by atoms with E-state index in [2.05, 4.69) is 60.5 Å². The number of pyridine rings is 1. The molecule has 4 rings (SSSR count). The van der Waals surface area contributed by atoms with Crippen molar-refractivity contribution < 1.29 is 9.47 Å². The van der Waals surface area contributed by atoms with Crippen LogP contribution in [0.3, 0.4) is 0 Å². The lowest BCUT2D eigenvalue weighted by Gasteiger charge is -2.28. The number of para-hydroxylation sites is 1. The van der Waals surface area contributed by atoms with Gasteiger partial charge in [0, 0.05) is 18.5 Å². The van der Waals surface area contributed by atoms with E-state index in [9.17, 15) is 0 Å². The van der Waals surface area contributed by atoms with Crippen LogP contribution in [0.15, 0.2) is 48.5 Å². The van der Waals surface area contributed by atoms with Gasteiger partial charge in [0.05, 0.1) is 24.4 Å². The van der Waals surface area contributed by atoms with E-state index < -0.39 is 0 Å². The number of ether oxygens (including phenoxy) is 2. The molecule has 3 aromatic rings. The van der Waals surface area contributed by atoms with Crippen molar-refractivity contribution in [1.29, 1.82) is 0 Å². The Balaban J connectivity index is 1.64. The highest BCUT2D eigenvalue weighted by Crippen LogP contribution is 2.37. The molecule has 158 valence electrons. The molecule has 0 saturated heterocycles. The molecule has 0 saturated carbocycles. The van der Waals surface area contributed by atoms with Crippen molar-refractivity contribution in [3.63, 3.8) is 0 Å². The van der Waals surface area contributed by atoms with Gasteiger partial charge in [0.1, 0.15) is 6.61 Å². The van der Waals surface area contributed by atoms with Crippen LogP contribution in [0.5, 0.6) is 11.5 Å². The summed E-state index contributed by atoms with van der Waals surface area (Å²) in [5, 5.41) is 4.81. The summed E-state index contributed by atoms with van der Waals surface area (Å²) in [7, 11) is 1.71. The third-order valence-corrected chi connectivity index (χ3v) is 5.95. The van der Waals surface area contributed by atoms with Crippen molar-refractivity contribution in [2.24, 2.45) is 0 Å². The van der Waals surface area contributed by atoms with E-state index in [1.54, 1.807) is 7.11 Å². The predicted octanol–water partition coefficient (Wildman–Crippen LogP) is 4.20. The minimum atomic E-state index is 0.0504. The first-order chi connectivity index (χ1) is 14.7. The van der Waals surface area contributed by atoms with E-state index in [1.165, 1.54) is 11.1 Å². The monoisotopic (exact) mass is 405 g/mol. The van der Waals surface area contributed by atoms with Crippen molar-refractivity contribution in [3.8, 4) is 11.5 Å². The van der Waals surface area contributed by atoms with E-state index in [-0.39, 0.29) is 6.04 Å². The second-order valence-electron chi connectivity index (χ2n) is 7.64. The highest BCUT2D eigenvalue weighted by Gasteiger charge is 2.25. The zero-order chi connectivity index (χ0) is 20.9. The first kappa shape index (κ1) is 20.6. The van der Waals surface area contributed by atoms with Crippen LogP contribution >= 0.6 is 0 Å². The molecule has 0 aliphatic carbocycles. The van der Waals surface area contributed by atoms with Crippen LogP contribution in [0, 0.1) is 0 Å². The molecule has 1 unspecified atom stereocenters. The fourth-order valence-electron chi connectivity index (χ4n) is 4.17. The summed E-state index contributed by atoms with van der Waals surface area (Å²) >= 11 is 0. The number of fused-ring (bicyclic) bond motifs is 2. The van der Waals surface area contributed by atoms with Crippen LogP contribution in [0.2, 0.25) is 0 Å². The van der Waals surface area contributed by atoms with Crippen LogP contribution in [0.25, 0.3) is 10.9 Å². The molecule has 0 radical (unpaired) electrons. The van der Waals surface area contributed by atoms with Crippen molar-refractivity contribution in [1.82, 2.24) is 15.2 Å². The molecule has 0 spiro atoms. The summed E-state index contributed by atoms with van der Waals surface area (Å²) in [5.74, 6) is 1.61. The fourth-order valence-corrected chi connectivity index (χ4v) is 4.17. The smallest absolute Gasteiger partial charge is 0.161 e. The van der Waals surface area contributed by atoms with E-state index in [1.807, 2.05) is 12.1 Å². The fraction of sp³-hybridized carbons (Fsp3) is 0.400. The maximum Gasteiger partial charge on any atom is 0.161 e. The normalized spacial score (nSPS) is 15.9. The van der Waals surface area contributed by atoms with Gasteiger partial charge in [-0.1, -0.05) is 38.1 Å². The summed E-state index contributed by atoms with van der Waals surface area (Å²) in [4.78, 5) is 7.29. The van der Waals surface area contributed by atoms with Crippen molar-refractivity contribution in [3.05, 3.63) is 65.4 Å². The molecule has 1 aliphatic rings. The third kappa shape index (κ3) is 4.27. The topological polar surface area (TPSA) is 46.6 Å². The summed E-state index contributed by atoms with van der Waals surface area (Å²) in [6.07, 6.45) is 0.968. The molecule has 2 aromatic carbocycles. The molecule has 30 heavy (non-hydrogen) atoms. The number of nitrogens with zero attached hydrogens (tertiary/aromatic N) is 2. The number of hydrogen-bond acceptors (Lipinski definition) is 5. The van der Waals surface area contributed by atoms with Gasteiger partial charge < -0.3 is 19.7 Å². The molecular weight excluding hydrogens is 374 g/mol. The van der Waals surface area contributed by atoms with Gasteiger partial charge in [-0.05, 0) is 54.9 Å². The Bertz CT molecular complexity index is 1000. The average Bonchev–Trinajstić information content (AvgIpc) is 2.80. The predicted molar refractivity (Wildman–Crippen MR) is 122 cm³/mol. The molecule has 5 heteroatoms. The quantitative estimate of drug-likeness (QED) is 0.609. The van der Waals surface area contributed by atoms with Gasteiger partial charge in [0.2, 0.25) is 0 Å². The summed E-state index contributed by atoms with van der Waals surface area (Å²) in [5.41, 5.74) is 4.58. The highest BCUT2D eigenvalue weighted by molar-refractivity contribution is 5.78. The first-order valence-electron chi connectivity index (χ1n) is 10.9. The van der Waals surface area contributed by atoms with Gasteiger partial charge in [-0.15, -0.1) is 0 Å². The van der Waals surface area contributed by atoms with Crippen LogP contribution < -0.4 is 14.8 Å². The van der Waals surface area contributed by atoms with E-state index in [4.69, 9.17) is 14.5 Å². The zero-order valence-electron chi connectivity index (χ0n) is 18.1. The lowest BCUT2D eigenvalue weighted by Crippen LogP contribution is -2.31. The van der Waals surface area contributed by atoms with Gasteiger partial charge in [-0.25, -0.2) is 0 Å². The second-order valence-corrected chi connectivity index (χ2v) is 7.64. The van der Waals surface area contributed by atoms with Gasteiger partial charge in [-0.3, -0.25) is 4.98 Å². The van der Waals surface area contributed by atoms with Crippen LogP contribution in [-0.2, 0) is 6.42 Å². The highest BCUT2D eigenvalue weighted by atomic mass is 16.5. The number of hydrogen-bond donors (Lipinski definition) is 1. The maximum absolute atomic E-state index is 6.17. The average molecular weight is 406 g/mol. The third-order valence-electron chi connectivity index (χ3n) is 5.95. The first-order valence-corrected chi connectivity index (χ1v) is 10.9. The number of benzene rings is 2. The van der Waals surface area contributed by atoms with Gasteiger partial charge >= 0.3 is 0 Å². The number of methoxy groups -OCH3 is 1. The minimum absolute atomic E-state index is 0.0504. The molecular formula is C25H31N3O2. The van der Waals surface area contributed by atoms with Crippen LogP contribution in [0.1, 0.15) is 36.7 Å². The Morgan fingerprint density at radius 1 is 1.07 bits per heavy atom. The van der Waals surface area contributed by atoms with Crippen molar-refractivity contribution >= 4 is 10.9 Å². The molecule has 5 nitrogen and oxygen atoms in total. The lowest BCUT2D eigenvalue weighted by molar-refractivity contribution is 0.217. The van der Waals surface area contributed by atoms with Gasteiger partial charge in [0.25, 0.3) is 0 Å². The van der Waals surface area contributed by atoms with Crippen LogP contribution in [-0.4, -0.2) is 49.8 Å². The molecule has 0 bridgehead atoms. The SMILES string of the molecule is CCN(CC)CCOc1cc2c(cc1OC)CCNC2c1ccc2ccccc2n1. The van der Waals surface area contributed by atoms with Crippen molar-refractivity contribution in [2.75, 3.05) is 39.9 Å². The maximum atomic E-state index is 6.17. The molecule has 1 aliphatic heterocycles.